The number of aromatic nitrogens is 2. The summed E-state index contributed by atoms with van der Waals surface area (Å²) in [6.07, 6.45) is 7.47. The molecule has 0 spiro atoms. The highest BCUT2D eigenvalue weighted by molar-refractivity contribution is 5.95. The van der Waals surface area contributed by atoms with Gasteiger partial charge in [0.15, 0.2) is 0 Å². The maximum absolute atomic E-state index is 12.7. The zero-order valence-electron chi connectivity index (χ0n) is 12.4. The Kier molecular flexibility index (Phi) is 3.94. The fourth-order valence-electron chi connectivity index (χ4n) is 3.39. The van der Waals surface area contributed by atoms with Gasteiger partial charge in [-0.3, -0.25) is 14.3 Å². The molecule has 21 heavy (non-hydrogen) atoms. The minimum Gasteiger partial charge on any atom is -0.342 e. The number of carbonyl (C=O) groups is 2. The van der Waals surface area contributed by atoms with Gasteiger partial charge < -0.3 is 10.2 Å². The van der Waals surface area contributed by atoms with Crippen LogP contribution in [0.3, 0.4) is 0 Å². The molecule has 1 saturated heterocycles. The first kappa shape index (κ1) is 14.1. The van der Waals surface area contributed by atoms with Gasteiger partial charge in [-0.05, 0) is 24.8 Å². The summed E-state index contributed by atoms with van der Waals surface area (Å²) >= 11 is 0. The average Bonchev–Trinajstić information content (AvgIpc) is 2.89. The smallest absolute Gasteiger partial charge is 0.246 e. The predicted molar refractivity (Wildman–Crippen MR) is 77.1 cm³/mol. The summed E-state index contributed by atoms with van der Waals surface area (Å²) in [4.78, 5) is 26.2. The van der Waals surface area contributed by atoms with Crippen LogP contribution in [0.1, 0.15) is 37.8 Å². The van der Waals surface area contributed by atoms with E-state index >= 15 is 0 Å². The molecule has 1 aromatic rings. The number of hydrogen-bond donors (Lipinski definition) is 1. The summed E-state index contributed by atoms with van der Waals surface area (Å²) in [5, 5.41) is 7.19. The molecule has 114 valence electrons. The van der Waals surface area contributed by atoms with Crippen LogP contribution >= 0.6 is 0 Å². The molecule has 0 radical (unpaired) electrons. The number of piperazine rings is 1. The first-order chi connectivity index (χ1) is 10.1. The van der Waals surface area contributed by atoms with Crippen LogP contribution in [0.15, 0.2) is 12.3 Å². The van der Waals surface area contributed by atoms with Crippen molar-refractivity contribution in [3.8, 4) is 0 Å². The van der Waals surface area contributed by atoms with Crippen molar-refractivity contribution in [2.24, 2.45) is 13.0 Å². The highest BCUT2D eigenvalue weighted by Crippen LogP contribution is 2.28. The normalized spacial score (nSPS) is 24.2. The number of amides is 2. The molecule has 6 nitrogen and oxygen atoms in total. The fourth-order valence-corrected chi connectivity index (χ4v) is 3.39. The van der Waals surface area contributed by atoms with E-state index in [4.69, 9.17) is 0 Å². The quantitative estimate of drug-likeness (QED) is 0.896. The molecule has 2 amide bonds. The maximum atomic E-state index is 12.7. The third-order valence-electron chi connectivity index (χ3n) is 4.47. The first-order valence-electron chi connectivity index (χ1n) is 7.70. The number of nitrogens with one attached hydrogen (secondary N) is 1. The summed E-state index contributed by atoms with van der Waals surface area (Å²) in [7, 11) is 1.85. The minimum atomic E-state index is -0.338. The first-order valence-corrected chi connectivity index (χ1v) is 7.70. The van der Waals surface area contributed by atoms with Crippen molar-refractivity contribution < 1.29 is 9.59 Å². The molecule has 1 unspecified atom stereocenters. The van der Waals surface area contributed by atoms with E-state index in [0.29, 0.717) is 12.5 Å². The molecule has 1 aromatic heterocycles. The lowest BCUT2D eigenvalue weighted by Crippen LogP contribution is -2.60. The summed E-state index contributed by atoms with van der Waals surface area (Å²) in [5.74, 6) is 0.287. The zero-order chi connectivity index (χ0) is 14.8. The SMILES string of the molecule is Cn1ccc(CN2CC(=O)NC(C3CCCCC3)C2=O)n1. The Morgan fingerprint density at radius 2 is 2.05 bits per heavy atom. The Morgan fingerprint density at radius 1 is 1.29 bits per heavy atom. The predicted octanol–water partition coefficient (Wildman–Crippen LogP) is 0.827. The van der Waals surface area contributed by atoms with Crippen LogP contribution in [0.2, 0.25) is 0 Å². The highest BCUT2D eigenvalue weighted by atomic mass is 16.2. The Bertz CT molecular complexity index is 534. The van der Waals surface area contributed by atoms with Gasteiger partial charge in [-0.2, -0.15) is 5.10 Å². The summed E-state index contributed by atoms with van der Waals surface area (Å²) in [6, 6.07) is 1.55. The van der Waals surface area contributed by atoms with Crippen molar-refractivity contribution in [1.82, 2.24) is 20.0 Å². The van der Waals surface area contributed by atoms with E-state index in [9.17, 15) is 9.59 Å². The lowest BCUT2D eigenvalue weighted by molar-refractivity contribution is -0.146. The molecule has 2 heterocycles. The number of hydrogen-bond acceptors (Lipinski definition) is 3. The third-order valence-corrected chi connectivity index (χ3v) is 4.47. The van der Waals surface area contributed by atoms with Gasteiger partial charge in [-0.25, -0.2) is 0 Å². The lowest BCUT2D eigenvalue weighted by Gasteiger charge is -2.37. The molecule has 2 fully saturated rings. The van der Waals surface area contributed by atoms with Crippen molar-refractivity contribution in [3.05, 3.63) is 18.0 Å². The fraction of sp³-hybridized carbons (Fsp3) is 0.667. The average molecular weight is 290 g/mol. The van der Waals surface area contributed by atoms with E-state index < -0.39 is 0 Å². The third kappa shape index (κ3) is 3.09. The van der Waals surface area contributed by atoms with Gasteiger partial charge in [0.05, 0.1) is 12.2 Å². The number of nitrogens with zero attached hydrogens (tertiary/aromatic N) is 3. The van der Waals surface area contributed by atoms with Crippen LogP contribution in [-0.2, 0) is 23.2 Å². The van der Waals surface area contributed by atoms with Crippen molar-refractivity contribution in [2.75, 3.05) is 6.54 Å². The Morgan fingerprint density at radius 3 is 2.71 bits per heavy atom. The maximum Gasteiger partial charge on any atom is 0.246 e. The van der Waals surface area contributed by atoms with Crippen LogP contribution in [0.25, 0.3) is 0 Å². The lowest BCUT2D eigenvalue weighted by atomic mass is 9.82. The molecule has 1 saturated carbocycles. The number of aryl methyl sites for hydroxylation is 1. The Labute approximate surface area is 124 Å². The molecule has 6 heteroatoms. The standard InChI is InChI=1S/C15H22N4O2/c1-18-8-7-12(17-18)9-19-10-13(20)16-14(15(19)21)11-5-3-2-4-6-11/h7-8,11,14H,2-6,9-10H2,1H3,(H,16,20). The van der Waals surface area contributed by atoms with Gasteiger partial charge in [0, 0.05) is 13.2 Å². The van der Waals surface area contributed by atoms with Crippen molar-refractivity contribution in [3.63, 3.8) is 0 Å². The topological polar surface area (TPSA) is 67.2 Å². The van der Waals surface area contributed by atoms with Crippen LogP contribution in [0.5, 0.6) is 0 Å². The zero-order valence-corrected chi connectivity index (χ0v) is 12.4. The van der Waals surface area contributed by atoms with Gasteiger partial charge in [-0.15, -0.1) is 0 Å². The summed E-state index contributed by atoms with van der Waals surface area (Å²) in [5.41, 5.74) is 0.822. The Hall–Kier alpha value is -1.85. The second-order valence-corrected chi connectivity index (χ2v) is 6.12. The highest BCUT2D eigenvalue weighted by Gasteiger charge is 2.38. The summed E-state index contributed by atoms with van der Waals surface area (Å²) < 4.78 is 1.71. The number of carbonyl (C=O) groups excluding carboxylic acids is 2. The molecule has 0 aromatic carbocycles. The van der Waals surface area contributed by atoms with E-state index in [0.717, 1.165) is 31.4 Å². The molecular formula is C15H22N4O2. The van der Waals surface area contributed by atoms with Crippen LogP contribution in [0.4, 0.5) is 0 Å². The van der Waals surface area contributed by atoms with Crippen LogP contribution in [-0.4, -0.2) is 39.1 Å². The minimum absolute atomic E-state index is 0.0483. The van der Waals surface area contributed by atoms with Gasteiger partial charge in [0.2, 0.25) is 11.8 Å². The summed E-state index contributed by atoms with van der Waals surface area (Å²) in [6.45, 7) is 0.551. The molecule has 1 aliphatic heterocycles. The van der Waals surface area contributed by atoms with Gasteiger partial charge in [0.1, 0.15) is 12.6 Å². The molecule has 1 N–H and O–H groups in total. The Balaban J connectivity index is 1.71. The molecule has 3 rings (SSSR count). The van der Waals surface area contributed by atoms with Gasteiger partial charge in [0.25, 0.3) is 0 Å². The monoisotopic (exact) mass is 290 g/mol. The van der Waals surface area contributed by atoms with Gasteiger partial charge >= 0.3 is 0 Å². The molecule has 1 aliphatic carbocycles. The largest absolute Gasteiger partial charge is 0.342 e. The molecular weight excluding hydrogens is 268 g/mol. The van der Waals surface area contributed by atoms with Crippen molar-refractivity contribution >= 4 is 11.8 Å². The van der Waals surface area contributed by atoms with Crippen molar-refractivity contribution in [2.45, 2.75) is 44.7 Å². The van der Waals surface area contributed by atoms with E-state index in [2.05, 4.69) is 10.4 Å². The van der Waals surface area contributed by atoms with E-state index in [1.165, 1.54) is 6.42 Å². The van der Waals surface area contributed by atoms with Crippen molar-refractivity contribution in [1.29, 1.82) is 0 Å². The molecule has 0 bridgehead atoms. The molecule has 2 aliphatic rings. The van der Waals surface area contributed by atoms with E-state index in [1.807, 2.05) is 19.3 Å². The number of rotatable bonds is 3. The molecule has 1 atom stereocenters. The van der Waals surface area contributed by atoms with Crippen LogP contribution < -0.4 is 5.32 Å². The van der Waals surface area contributed by atoms with E-state index in [1.54, 1.807) is 9.58 Å². The second kappa shape index (κ2) is 5.87. The second-order valence-electron chi connectivity index (χ2n) is 6.12. The van der Waals surface area contributed by atoms with Gasteiger partial charge in [-0.1, -0.05) is 19.3 Å². The van der Waals surface area contributed by atoms with Crippen LogP contribution in [0, 0.1) is 5.92 Å². The van der Waals surface area contributed by atoms with E-state index in [-0.39, 0.29) is 24.4 Å².